The molecule has 48 heavy (non-hydrogen) atoms. The van der Waals surface area contributed by atoms with Crippen LogP contribution in [-0.2, 0) is 17.5 Å². The lowest BCUT2D eigenvalue weighted by atomic mass is 10.00. The van der Waals surface area contributed by atoms with Gasteiger partial charge in [0.2, 0.25) is 5.91 Å². The molecule has 0 aliphatic carbocycles. The molecule has 0 unspecified atom stereocenters. The van der Waals surface area contributed by atoms with Crippen LogP contribution in [0.3, 0.4) is 0 Å². The first-order chi connectivity index (χ1) is 23.0. The number of likely N-dealkylation sites (tertiary alicyclic amines) is 1. The van der Waals surface area contributed by atoms with Crippen molar-refractivity contribution in [3.8, 4) is 0 Å². The molecule has 0 atom stereocenters. The van der Waals surface area contributed by atoms with E-state index in [-0.39, 0.29) is 22.6 Å². The smallest absolute Gasteiger partial charge is 0.416 e. The minimum Gasteiger partial charge on any atom is -0.451 e. The Labute approximate surface area is 280 Å². The summed E-state index contributed by atoms with van der Waals surface area (Å²) >= 11 is 6.07. The number of hydrogen-bond donors (Lipinski definition) is 1. The molecule has 2 aliphatic rings. The summed E-state index contributed by atoms with van der Waals surface area (Å²) in [5, 5.41) is 3.11. The van der Waals surface area contributed by atoms with Crippen molar-refractivity contribution in [3.05, 3.63) is 128 Å². The van der Waals surface area contributed by atoms with Gasteiger partial charge in [0.15, 0.2) is 11.2 Å². The van der Waals surface area contributed by atoms with Crippen molar-refractivity contribution in [1.29, 1.82) is 0 Å². The number of piperidine rings is 2. The van der Waals surface area contributed by atoms with Crippen molar-refractivity contribution in [2.24, 2.45) is 0 Å². The molecule has 248 valence electrons. The van der Waals surface area contributed by atoms with Crippen molar-refractivity contribution in [3.63, 3.8) is 0 Å². The molecule has 4 aromatic rings. The van der Waals surface area contributed by atoms with E-state index in [0.29, 0.717) is 23.7 Å². The first-order valence-corrected chi connectivity index (χ1v) is 16.1. The second kappa shape index (κ2) is 14.1. The van der Waals surface area contributed by atoms with E-state index in [1.165, 1.54) is 0 Å². The molecule has 2 fully saturated rings. The predicted octanol–water partition coefficient (Wildman–Crippen LogP) is 7.98. The predicted molar refractivity (Wildman–Crippen MR) is 180 cm³/mol. The lowest BCUT2D eigenvalue weighted by Crippen LogP contribution is -2.36. The molecule has 3 aromatic carbocycles. The number of allylic oxidation sites excluding steroid dienone is 1. The van der Waals surface area contributed by atoms with Crippen LogP contribution >= 0.6 is 11.6 Å². The summed E-state index contributed by atoms with van der Waals surface area (Å²) < 4.78 is 45.1. The summed E-state index contributed by atoms with van der Waals surface area (Å²) in [7, 11) is 0. The van der Waals surface area contributed by atoms with Crippen LogP contribution in [0.1, 0.15) is 59.3 Å². The Kier molecular flexibility index (Phi) is 9.73. The topological polar surface area (TPSA) is 82.9 Å². The van der Waals surface area contributed by atoms with Gasteiger partial charge in [-0.05, 0) is 85.4 Å². The van der Waals surface area contributed by atoms with Crippen LogP contribution in [0.15, 0.2) is 99.4 Å². The highest BCUT2D eigenvalue weighted by molar-refractivity contribution is 6.30. The second-order valence-corrected chi connectivity index (χ2v) is 12.4. The standard InChI is InChI=1S/C37H33ClF3N3O4/c38-28-11-8-24(9-12-28)19-29(42-36(47)34-22-32(45)30-21-27(37(39,40)41)10-13-33(30)48-34)20-25-14-17-43(18-15-25)31-6-2-1-5-26(31)23-44-16-4-3-7-35(44)46/h1-2,5-6,8-13,19-22H,3-4,7,14-18,23H2,(H,42,47)/b29-19-. The molecule has 6 rings (SSSR count). The minimum absolute atomic E-state index is 0.125. The lowest BCUT2D eigenvalue weighted by Gasteiger charge is -2.34. The monoisotopic (exact) mass is 675 g/mol. The number of rotatable bonds is 7. The Morgan fingerprint density at radius 1 is 0.917 bits per heavy atom. The van der Waals surface area contributed by atoms with Crippen molar-refractivity contribution in [2.75, 3.05) is 24.5 Å². The van der Waals surface area contributed by atoms with E-state index in [2.05, 4.69) is 22.3 Å². The lowest BCUT2D eigenvalue weighted by molar-refractivity contribution is -0.137. The van der Waals surface area contributed by atoms with E-state index in [4.69, 9.17) is 16.0 Å². The Hall–Kier alpha value is -4.83. The SMILES string of the molecule is O=C(N/C(C=C1CCN(c2ccccc2CN2CCCCC2=O)CC1)=C\c1ccc(Cl)cc1)c1cc(=O)c2cc(C(F)(F)F)ccc2o1. The summed E-state index contributed by atoms with van der Waals surface area (Å²) in [6, 6.07) is 18.7. The van der Waals surface area contributed by atoms with Gasteiger partial charge in [0.05, 0.1) is 10.9 Å². The van der Waals surface area contributed by atoms with E-state index >= 15 is 0 Å². The number of alkyl halides is 3. The molecule has 7 nitrogen and oxygen atoms in total. The Bertz CT molecular complexity index is 1960. The van der Waals surface area contributed by atoms with Gasteiger partial charge in [0.25, 0.3) is 5.91 Å². The first-order valence-electron chi connectivity index (χ1n) is 15.8. The van der Waals surface area contributed by atoms with Crippen molar-refractivity contribution in [1.82, 2.24) is 10.2 Å². The molecular formula is C37H33ClF3N3O4. The second-order valence-electron chi connectivity index (χ2n) is 12.0. The molecule has 1 aromatic heterocycles. The normalized spacial score (nSPS) is 16.0. The molecule has 11 heteroatoms. The summed E-state index contributed by atoms with van der Waals surface area (Å²) in [4.78, 5) is 42.8. The third-order valence-corrected chi connectivity index (χ3v) is 8.86. The number of nitrogens with zero attached hydrogens (tertiary/aromatic N) is 2. The summed E-state index contributed by atoms with van der Waals surface area (Å²) in [6.07, 6.45) is 3.04. The fourth-order valence-corrected chi connectivity index (χ4v) is 6.20. The van der Waals surface area contributed by atoms with Gasteiger partial charge in [-0.15, -0.1) is 0 Å². The van der Waals surface area contributed by atoms with Gasteiger partial charge in [-0.2, -0.15) is 13.2 Å². The molecule has 2 aliphatic heterocycles. The zero-order valence-corrected chi connectivity index (χ0v) is 26.7. The third-order valence-electron chi connectivity index (χ3n) is 8.61. The van der Waals surface area contributed by atoms with Gasteiger partial charge in [-0.3, -0.25) is 14.4 Å². The van der Waals surface area contributed by atoms with E-state index in [0.717, 1.165) is 92.0 Å². The summed E-state index contributed by atoms with van der Waals surface area (Å²) in [6.45, 7) is 2.83. The van der Waals surface area contributed by atoms with Gasteiger partial charge in [-0.1, -0.05) is 47.5 Å². The van der Waals surface area contributed by atoms with Gasteiger partial charge in [0.1, 0.15) is 5.58 Å². The fourth-order valence-electron chi connectivity index (χ4n) is 6.08. The number of amides is 2. The van der Waals surface area contributed by atoms with Gasteiger partial charge in [-0.25, -0.2) is 0 Å². The number of nitrogens with one attached hydrogen (secondary N) is 1. The average molecular weight is 676 g/mol. The molecule has 3 heterocycles. The fraction of sp³-hybridized carbons (Fsp3) is 0.270. The maximum Gasteiger partial charge on any atom is 0.416 e. The molecule has 2 amide bonds. The number of para-hydroxylation sites is 1. The Balaban J connectivity index is 1.21. The third kappa shape index (κ3) is 7.82. The van der Waals surface area contributed by atoms with Crippen LogP contribution in [0.4, 0.5) is 18.9 Å². The largest absolute Gasteiger partial charge is 0.451 e. The molecule has 2 saturated heterocycles. The van der Waals surface area contributed by atoms with E-state index < -0.39 is 23.1 Å². The summed E-state index contributed by atoms with van der Waals surface area (Å²) in [5.41, 5.74) is 2.66. The van der Waals surface area contributed by atoms with E-state index in [1.807, 2.05) is 23.1 Å². The number of carbonyl (C=O) groups excluding carboxylic acids is 2. The maximum absolute atomic E-state index is 13.4. The number of anilines is 1. The first kappa shape index (κ1) is 33.1. The van der Waals surface area contributed by atoms with Crippen LogP contribution in [0, 0.1) is 0 Å². The van der Waals surface area contributed by atoms with E-state index in [9.17, 15) is 27.6 Å². The van der Waals surface area contributed by atoms with Crippen LogP contribution in [0.5, 0.6) is 0 Å². The Morgan fingerprint density at radius 2 is 1.67 bits per heavy atom. The van der Waals surface area contributed by atoms with Gasteiger partial charge in [0, 0.05) is 55.1 Å². The molecular weight excluding hydrogens is 643 g/mol. The quantitative estimate of drug-likeness (QED) is 0.215. The molecule has 0 radical (unpaired) electrons. The van der Waals surface area contributed by atoms with Crippen molar-refractivity contribution in [2.45, 2.75) is 44.8 Å². The van der Waals surface area contributed by atoms with Crippen LogP contribution in [0.2, 0.25) is 5.02 Å². The number of fused-ring (bicyclic) bond motifs is 1. The molecule has 1 N–H and O–H groups in total. The number of hydrogen-bond acceptors (Lipinski definition) is 5. The zero-order valence-electron chi connectivity index (χ0n) is 26.0. The summed E-state index contributed by atoms with van der Waals surface area (Å²) in [5.74, 6) is -0.851. The highest BCUT2D eigenvalue weighted by Crippen LogP contribution is 2.31. The Morgan fingerprint density at radius 3 is 2.40 bits per heavy atom. The number of carbonyl (C=O) groups is 2. The number of benzene rings is 3. The molecule has 0 bridgehead atoms. The minimum atomic E-state index is -4.63. The van der Waals surface area contributed by atoms with Gasteiger partial charge >= 0.3 is 6.18 Å². The molecule has 0 saturated carbocycles. The van der Waals surface area contributed by atoms with Crippen molar-refractivity contribution >= 4 is 46.1 Å². The van der Waals surface area contributed by atoms with Crippen molar-refractivity contribution < 1.29 is 27.2 Å². The zero-order chi connectivity index (χ0) is 33.8. The highest BCUT2D eigenvalue weighted by atomic mass is 35.5. The number of halogens is 4. The highest BCUT2D eigenvalue weighted by Gasteiger charge is 2.31. The van der Waals surface area contributed by atoms with Crippen LogP contribution in [-0.4, -0.2) is 36.3 Å². The molecule has 0 spiro atoms. The average Bonchev–Trinajstić information content (AvgIpc) is 3.07. The van der Waals surface area contributed by atoms with E-state index in [1.54, 1.807) is 30.3 Å². The van der Waals surface area contributed by atoms with Crippen LogP contribution in [0.25, 0.3) is 17.0 Å². The maximum atomic E-state index is 13.4. The van der Waals surface area contributed by atoms with Gasteiger partial charge < -0.3 is 19.5 Å². The van der Waals surface area contributed by atoms with Crippen LogP contribution < -0.4 is 15.6 Å².